The summed E-state index contributed by atoms with van der Waals surface area (Å²) in [6, 6.07) is 102. The number of aromatic nitrogens is 1. The fourth-order valence-corrected chi connectivity index (χ4v) is 13.1. The second-order valence-corrected chi connectivity index (χ2v) is 20.3. The number of furan rings is 1. The van der Waals surface area contributed by atoms with E-state index < -0.39 is 5.41 Å². The molecule has 0 bridgehead atoms. The van der Waals surface area contributed by atoms with Crippen LogP contribution in [0.2, 0.25) is 0 Å². The number of benzene rings is 12. The van der Waals surface area contributed by atoms with Crippen LogP contribution >= 0.6 is 0 Å². The lowest BCUT2D eigenvalue weighted by atomic mass is 9.70. The van der Waals surface area contributed by atoms with Gasteiger partial charge in [-0.2, -0.15) is 0 Å². The Morgan fingerprint density at radius 2 is 0.789 bits per heavy atom. The Kier molecular flexibility index (Phi) is 9.25. The summed E-state index contributed by atoms with van der Waals surface area (Å²) >= 11 is 0. The van der Waals surface area contributed by atoms with Gasteiger partial charge in [-0.05, 0) is 163 Å². The summed E-state index contributed by atoms with van der Waals surface area (Å²) in [6.07, 6.45) is 0. The Morgan fingerprint density at radius 1 is 0.289 bits per heavy atom. The maximum absolute atomic E-state index is 6.64. The van der Waals surface area contributed by atoms with Crippen molar-refractivity contribution in [3.05, 3.63) is 301 Å². The fourth-order valence-electron chi connectivity index (χ4n) is 13.1. The number of anilines is 3. The van der Waals surface area contributed by atoms with E-state index in [9.17, 15) is 0 Å². The van der Waals surface area contributed by atoms with Crippen LogP contribution in [-0.2, 0) is 5.41 Å². The molecule has 0 N–H and O–H groups in total. The van der Waals surface area contributed by atoms with Crippen LogP contribution in [-0.4, -0.2) is 4.57 Å². The van der Waals surface area contributed by atoms with Crippen molar-refractivity contribution in [2.75, 3.05) is 4.90 Å². The van der Waals surface area contributed by atoms with Crippen LogP contribution in [0.25, 0.3) is 105 Å². The van der Waals surface area contributed by atoms with Gasteiger partial charge in [-0.25, -0.2) is 0 Å². The van der Waals surface area contributed by atoms with Crippen molar-refractivity contribution >= 4 is 60.8 Å². The van der Waals surface area contributed by atoms with Gasteiger partial charge in [0.2, 0.25) is 0 Å². The van der Waals surface area contributed by atoms with E-state index >= 15 is 0 Å². The first-order valence-corrected chi connectivity index (χ1v) is 26.2. The lowest BCUT2D eigenvalue weighted by Crippen LogP contribution is -2.26. The van der Waals surface area contributed by atoms with Gasteiger partial charge in [-0.1, -0.05) is 194 Å². The van der Waals surface area contributed by atoms with E-state index in [1.165, 1.54) is 83.0 Å². The zero-order valence-electron chi connectivity index (χ0n) is 41.4. The Hall–Kier alpha value is -9.96. The molecule has 0 radical (unpaired) electrons. The molecule has 2 aliphatic carbocycles. The summed E-state index contributed by atoms with van der Waals surface area (Å²) in [5.41, 5.74) is 25.5. The lowest BCUT2D eigenvalue weighted by molar-refractivity contribution is 0.669. The van der Waals surface area contributed by atoms with Crippen LogP contribution < -0.4 is 4.90 Å². The largest absolute Gasteiger partial charge is 0.456 e. The maximum atomic E-state index is 6.64. The quantitative estimate of drug-likeness (QED) is 0.159. The third kappa shape index (κ3) is 6.17. The van der Waals surface area contributed by atoms with Crippen LogP contribution in [0.15, 0.2) is 283 Å². The van der Waals surface area contributed by atoms with Gasteiger partial charge in [0, 0.05) is 44.3 Å². The molecule has 0 aliphatic heterocycles. The summed E-state index contributed by atoms with van der Waals surface area (Å²) in [5.74, 6) is 0. The molecule has 0 fully saturated rings. The molecule has 2 aliphatic rings. The van der Waals surface area contributed by atoms with Gasteiger partial charge in [-0.3, -0.25) is 0 Å². The minimum Gasteiger partial charge on any atom is -0.456 e. The Morgan fingerprint density at radius 3 is 1.47 bits per heavy atom. The Labute approximate surface area is 440 Å². The van der Waals surface area contributed by atoms with Gasteiger partial charge in [0.1, 0.15) is 11.2 Å². The number of fused-ring (bicyclic) bond motifs is 16. The van der Waals surface area contributed by atoms with E-state index in [1.54, 1.807) is 0 Å². The van der Waals surface area contributed by atoms with Crippen molar-refractivity contribution in [2.24, 2.45) is 0 Å². The third-order valence-electron chi connectivity index (χ3n) is 16.4. The third-order valence-corrected chi connectivity index (χ3v) is 16.4. The van der Waals surface area contributed by atoms with E-state index in [2.05, 4.69) is 289 Å². The molecular formula is C73H46N2O. The van der Waals surface area contributed by atoms with Crippen LogP contribution in [0.5, 0.6) is 0 Å². The standard InChI is InChI=1S/C73H46N2O/c1-3-16-47(17-4-1)48-30-36-53(37-31-48)74(55-40-41-60-59-22-9-13-27-66(59)73(67(60)46-55)64-25-11-7-20-57(64)58-21-8-12-26-65(58)73)54-38-32-49(33-39-54)56-24-15-29-71-72(56)63-45-51(35-43-70(63)76-71)50-34-42-69-62(44-50)61-23-10-14-28-68(61)75(69)52-18-5-2-6-19-52/h1-46H. The zero-order valence-corrected chi connectivity index (χ0v) is 41.4. The first-order valence-electron chi connectivity index (χ1n) is 26.2. The first kappa shape index (κ1) is 42.5. The van der Waals surface area contributed by atoms with E-state index in [0.717, 1.165) is 61.4 Å². The van der Waals surface area contributed by atoms with Gasteiger partial charge in [-0.15, -0.1) is 0 Å². The molecule has 16 rings (SSSR count). The minimum atomic E-state index is -0.455. The highest BCUT2D eigenvalue weighted by atomic mass is 16.3. The molecule has 0 saturated heterocycles. The molecule has 0 unspecified atom stereocenters. The molecule has 1 spiro atoms. The van der Waals surface area contributed by atoms with Crippen molar-refractivity contribution in [3.8, 4) is 61.3 Å². The second-order valence-electron chi connectivity index (χ2n) is 20.3. The highest BCUT2D eigenvalue weighted by molar-refractivity contribution is 6.14. The maximum Gasteiger partial charge on any atom is 0.136 e. The molecular weight excluding hydrogens is 921 g/mol. The minimum absolute atomic E-state index is 0.455. The summed E-state index contributed by atoms with van der Waals surface area (Å²) < 4.78 is 9.01. The fraction of sp³-hybridized carbons (Fsp3) is 0.0137. The molecule has 0 amide bonds. The van der Waals surface area contributed by atoms with Crippen molar-refractivity contribution in [3.63, 3.8) is 0 Å². The smallest absolute Gasteiger partial charge is 0.136 e. The molecule has 3 nitrogen and oxygen atoms in total. The van der Waals surface area contributed by atoms with E-state index in [-0.39, 0.29) is 0 Å². The van der Waals surface area contributed by atoms with Crippen LogP contribution in [0, 0.1) is 0 Å². The van der Waals surface area contributed by atoms with Gasteiger partial charge in [0.25, 0.3) is 0 Å². The lowest BCUT2D eigenvalue weighted by Gasteiger charge is -2.32. The highest BCUT2D eigenvalue weighted by Crippen LogP contribution is 2.63. The molecule has 2 aromatic heterocycles. The van der Waals surface area contributed by atoms with Gasteiger partial charge < -0.3 is 13.9 Å². The molecule has 2 heterocycles. The van der Waals surface area contributed by atoms with Gasteiger partial charge >= 0.3 is 0 Å². The van der Waals surface area contributed by atoms with Gasteiger partial charge in [0.05, 0.1) is 16.4 Å². The van der Waals surface area contributed by atoms with E-state index in [1.807, 2.05) is 0 Å². The number of hydrogen-bond acceptors (Lipinski definition) is 2. The average Bonchev–Trinajstić information content (AvgIpc) is 4.38. The molecule has 76 heavy (non-hydrogen) atoms. The van der Waals surface area contributed by atoms with Crippen molar-refractivity contribution in [1.82, 2.24) is 4.57 Å². The summed E-state index contributed by atoms with van der Waals surface area (Å²) in [6.45, 7) is 0. The Balaban J connectivity index is 0.826. The predicted molar refractivity (Wildman–Crippen MR) is 315 cm³/mol. The van der Waals surface area contributed by atoms with Crippen LogP contribution in [0.3, 0.4) is 0 Å². The van der Waals surface area contributed by atoms with Gasteiger partial charge in [0.15, 0.2) is 0 Å². The SMILES string of the molecule is c1ccc(-c2ccc(N(c3ccc(-c4cccc5oc6ccc(-c7ccc8c(c7)c7ccccc7n8-c7ccccc7)cc6c45)cc3)c3ccc4c(c3)C3(c5ccccc5-c5ccccc53)c3ccccc3-4)cc2)cc1. The number of rotatable bonds is 7. The molecule has 354 valence electrons. The van der Waals surface area contributed by atoms with Crippen LogP contribution in [0.1, 0.15) is 22.3 Å². The van der Waals surface area contributed by atoms with Crippen LogP contribution in [0.4, 0.5) is 17.1 Å². The predicted octanol–water partition coefficient (Wildman–Crippen LogP) is 19.5. The molecule has 3 heteroatoms. The molecule has 0 saturated carbocycles. The molecule has 14 aromatic rings. The normalized spacial score (nSPS) is 12.8. The second kappa shape index (κ2) is 16.5. The van der Waals surface area contributed by atoms with Crippen molar-refractivity contribution in [1.29, 1.82) is 0 Å². The van der Waals surface area contributed by atoms with Crippen molar-refractivity contribution in [2.45, 2.75) is 5.41 Å². The molecule has 12 aromatic carbocycles. The topological polar surface area (TPSA) is 21.3 Å². The van der Waals surface area contributed by atoms with E-state index in [0.29, 0.717) is 0 Å². The van der Waals surface area contributed by atoms with E-state index in [4.69, 9.17) is 4.42 Å². The first-order chi connectivity index (χ1) is 37.7. The molecule has 0 atom stereocenters. The Bertz CT molecular complexity index is 4560. The number of hydrogen-bond donors (Lipinski definition) is 0. The van der Waals surface area contributed by atoms with Crippen molar-refractivity contribution < 1.29 is 4.42 Å². The number of para-hydroxylation sites is 2. The summed E-state index contributed by atoms with van der Waals surface area (Å²) in [5, 5.41) is 4.68. The number of nitrogens with zero attached hydrogens (tertiary/aromatic N) is 2. The zero-order chi connectivity index (χ0) is 49.9. The average molecular weight is 967 g/mol. The monoisotopic (exact) mass is 966 g/mol. The summed E-state index contributed by atoms with van der Waals surface area (Å²) in [7, 11) is 0. The summed E-state index contributed by atoms with van der Waals surface area (Å²) in [4.78, 5) is 2.43. The highest BCUT2D eigenvalue weighted by Gasteiger charge is 2.51.